The van der Waals surface area contributed by atoms with Gasteiger partial charge in [0.05, 0.1) is 0 Å². The molecule has 0 aliphatic heterocycles. The van der Waals surface area contributed by atoms with E-state index in [4.69, 9.17) is 0 Å². The Morgan fingerprint density at radius 3 is 2.94 bits per heavy atom. The molecular weight excluding hydrogens is 210 g/mol. The van der Waals surface area contributed by atoms with E-state index in [1.54, 1.807) is 11.6 Å². The van der Waals surface area contributed by atoms with Crippen molar-refractivity contribution in [3.63, 3.8) is 0 Å². The molecule has 1 heterocycles. The molecular formula is C9H17N5O2. The summed E-state index contributed by atoms with van der Waals surface area (Å²) in [6, 6.07) is 0. The lowest BCUT2D eigenvalue weighted by molar-refractivity contribution is -0.388. The maximum atomic E-state index is 10.6. The molecule has 7 nitrogen and oxygen atoms in total. The topological polar surface area (TPSA) is 85.0 Å². The maximum absolute atomic E-state index is 10.6. The van der Waals surface area contributed by atoms with Gasteiger partial charge in [-0.2, -0.15) is 0 Å². The Labute approximate surface area is 94.0 Å². The second-order valence-electron chi connectivity index (χ2n) is 3.42. The first-order valence-electron chi connectivity index (χ1n) is 5.27. The van der Waals surface area contributed by atoms with Crippen molar-refractivity contribution in [2.45, 2.75) is 13.3 Å². The summed E-state index contributed by atoms with van der Waals surface area (Å²) < 4.78 is 1.62. The van der Waals surface area contributed by atoms with Crippen molar-refractivity contribution in [1.29, 1.82) is 0 Å². The second kappa shape index (κ2) is 6.06. The van der Waals surface area contributed by atoms with Gasteiger partial charge in [-0.1, -0.05) is 6.92 Å². The first-order chi connectivity index (χ1) is 7.66. The zero-order valence-corrected chi connectivity index (χ0v) is 9.56. The summed E-state index contributed by atoms with van der Waals surface area (Å²) in [5.41, 5.74) is 0. The van der Waals surface area contributed by atoms with Crippen LogP contribution in [0.4, 0.5) is 11.6 Å². The summed E-state index contributed by atoms with van der Waals surface area (Å²) in [4.78, 5) is 13.9. The molecule has 7 heteroatoms. The van der Waals surface area contributed by atoms with Gasteiger partial charge in [-0.25, -0.2) is 0 Å². The highest BCUT2D eigenvalue weighted by Gasteiger charge is 2.18. The van der Waals surface area contributed by atoms with Gasteiger partial charge in [0.1, 0.15) is 0 Å². The van der Waals surface area contributed by atoms with Gasteiger partial charge in [-0.3, -0.25) is 4.57 Å². The molecule has 0 aliphatic carbocycles. The molecule has 0 amide bonds. The van der Waals surface area contributed by atoms with Crippen molar-refractivity contribution in [3.8, 4) is 0 Å². The average Bonchev–Trinajstić information content (AvgIpc) is 2.60. The zero-order chi connectivity index (χ0) is 12.0. The highest BCUT2D eigenvalue weighted by atomic mass is 16.6. The number of imidazole rings is 1. The van der Waals surface area contributed by atoms with Crippen LogP contribution in [0.25, 0.3) is 0 Å². The highest BCUT2D eigenvalue weighted by Crippen LogP contribution is 2.20. The number of nitro groups is 1. The lowest BCUT2D eigenvalue weighted by Crippen LogP contribution is -2.18. The van der Waals surface area contributed by atoms with Crippen LogP contribution >= 0.6 is 0 Å². The van der Waals surface area contributed by atoms with Crippen molar-refractivity contribution < 1.29 is 4.92 Å². The predicted octanol–water partition coefficient (Wildman–Crippen LogP) is 0.740. The van der Waals surface area contributed by atoms with Crippen LogP contribution in [-0.2, 0) is 7.05 Å². The number of nitrogens with one attached hydrogen (secondary N) is 2. The largest absolute Gasteiger partial charge is 0.406 e. The van der Waals surface area contributed by atoms with Gasteiger partial charge in [0, 0.05) is 13.6 Å². The summed E-state index contributed by atoms with van der Waals surface area (Å²) in [5, 5.41) is 16.9. The minimum Gasteiger partial charge on any atom is -0.364 e. The van der Waals surface area contributed by atoms with Crippen LogP contribution in [0.3, 0.4) is 0 Å². The normalized spacial score (nSPS) is 10.4. The van der Waals surface area contributed by atoms with E-state index in [1.165, 1.54) is 6.33 Å². The number of hydrogen-bond acceptors (Lipinski definition) is 5. The van der Waals surface area contributed by atoms with Crippen LogP contribution in [0.1, 0.15) is 13.3 Å². The fourth-order valence-electron chi connectivity index (χ4n) is 1.35. The van der Waals surface area contributed by atoms with E-state index >= 15 is 0 Å². The summed E-state index contributed by atoms with van der Waals surface area (Å²) >= 11 is 0. The van der Waals surface area contributed by atoms with Crippen molar-refractivity contribution in [2.24, 2.45) is 7.05 Å². The molecule has 0 radical (unpaired) electrons. The number of nitrogens with zero attached hydrogens (tertiary/aromatic N) is 3. The van der Waals surface area contributed by atoms with Crippen LogP contribution in [0, 0.1) is 10.1 Å². The number of aromatic nitrogens is 2. The second-order valence-corrected chi connectivity index (χ2v) is 3.42. The van der Waals surface area contributed by atoms with Crippen LogP contribution in [0.2, 0.25) is 0 Å². The molecule has 0 bridgehead atoms. The van der Waals surface area contributed by atoms with E-state index < -0.39 is 4.92 Å². The van der Waals surface area contributed by atoms with Crippen molar-refractivity contribution >= 4 is 11.6 Å². The molecule has 0 unspecified atom stereocenters. The molecule has 0 aliphatic rings. The molecule has 0 fully saturated rings. The number of anilines is 1. The number of rotatable bonds is 7. The standard InChI is InChI=1S/C9H17N5O2/c1-3-10-5-4-6-11-8-9(14(15)16)12-7-13(8)2/h7,10-11H,3-6H2,1-2H3. The Bertz CT molecular complexity index is 350. The minimum absolute atomic E-state index is 0.119. The van der Waals surface area contributed by atoms with Crippen molar-refractivity contribution in [1.82, 2.24) is 14.9 Å². The van der Waals surface area contributed by atoms with Gasteiger partial charge in [0.25, 0.3) is 0 Å². The van der Waals surface area contributed by atoms with Gasteiger partial charge >= 0.3 is 5.82 Å². The third kappa shape index (κ3) is 3.20. The van der Waals surface area contributed by atoms with Gasteiger partial charge in [-0.05, 0) is 29.4 Å². The Kier molecular flexibility index (Phi) is 4.71. The lowest BCUT2D eigenvalue weighted by atomic mass is 10.4. The molecule has 1 aromatic rings. The first kappa shape index (κ1) is 12.4. The molecule has 90 valence electrons. The summed E-state index contributed by atoms with van der Waals surface area (Å²) in [7, 11) is 1.73. The molecule has 16 heavy (non-hydrogen) atoms. The maximum Gasteiger partial charge on any atom is 0.406 e. The average molecular weight is 227 g/mol. The van der Waals surface area contributed by atoms with Gasteiger partial charge in [-0.15, -0.1) is 0 Å². The van der Waals surface area contributed by atoms with Gasteiger partial charge in [0.2, 0.25) is 12.1 Å². The highest BCUT2D eigenvalue weighted by molar-refractivity contribution is 5.51. The Balaban J connectivity index is 2.46. The van der Waals surface area contributed by atoms with E-state index in [-0.39, 0.29) is 5.82 Å². The van der Waals surface area contributed by atoms with E-state index in [0.29, 0.717) is 12.4 Å². The fourth-order valence-corrected chi connectivity index (χ4v) is 1.35. The fraction of sp³-hybridized carbons (Fsp3) is 0.667. The lowest BCUT2D eigenvalue weighted by Gasteiger charge is -2.06. The monoisotopic (exact) mass is 227 g/mol. The van der Waals surface area contributed by atoms with Gasteiger partial charge < -0.3 is 20.7 Å². The number of hydrogen-bond donors (Lipinski definition) is 2. The Morgan fingerprint density at radius 2 is 2.31 bits per heavy atom. The predicted molar refractivity (Wildman–Crippen MR) is 61.5 cm³/mol. The van der Waals surface area contributed by atoms with E-state index in [1.807, 2.05) is 6.92 Å². The van der Waals surface area contributed by atoms with Crippen LogP contribution in [0.15, 0.2) is 6.33 Å². The molecule has 0 atom stereocenters. The van der Waals surface area contributed by atoms with E-state index in [2.05, 4.69) is 15.6 Å². The van der Waals surface area contributed by atoms with E-state index in [9.17, 15) is 10.1 Å². The summed E-state index contributed by atoms with van der Waals surface area (Å²) in [6.07, 6.45) is 2.35. The smallest absolute Gasteiger partial charge is 0.364 e. The summed E-state index contributed by atoms with van der Waals surface area (Å²) in [6.45, 7) is 4.56. The molecule has 0 spiro atoms. The molecule has 0 aromatic carbocycles. The van der Waals surface area contributed by atoms with Crippen LogP contribution in [0.5, 0.6) is 0 Å². The third-order valence-corrected chi connectivity index (χ3v) is 2.16. The van der Waals surface area contributed by atoms with Crippen molar-refractivity contribution in [2.75, 3.05) is 25.0 Å². The van der Waals surface area contributed by atoms with E-state index in [0.717, 1.165) is 19.5 Å². The number of aryl methyl sites for hydroxylation is 1. The molecule has 0 saturated heterocycles. The molecule has 1 rings (SSSR count). The quantitative estimate of drug-likeness (QED) is 0.407. The third-order valence-electron chi connectivity index (χ3n) is 2.16. The molecule has 0 saturated carbocycles. The first-order valence-corrected chi connectivity index (χ1v) is 5.27. The molecule has 2 N–H and O–H groups in total. The minimum atomic E-state index is -0.480. The Hall–Kier alpha value is -1.63. The molecule has 1 aromatic heterocycles. The summed E-state index contributed by atoms with van der Waals surface area (Å²) in [5.74, 6) is 0.340. The van der Waals surface area contributed by atoms with Gasteiger partial charge in [0.15, 0.2) is 0 Å². The SMILES string of the molecule is CCNCCCNc1c([N+](=O)[O-])ncn1C. The van der Waals surface area contributed by atoms with Crippen LogP contribution < -0.4 is 10.6 Å². The zero-order valence-electron chi connectivity index (χ0n) is 9.56. The Morgan fingerprint density at radius 1 is 1.56 bits per heavy atom. The van der Waals surface area contributed by atoms with Crippen LogP contribution in [-0.4, -0.2) is 34.1 Å². The van der Waals surface area contributed by atoms with Crippen molar-refractivity contribution in [3.05, 3.63) is 16.4 Å².